The van der Waals surface area contributed by atoms with Crippen molar-refractivity contribution in [1.82, 2.24) is 20.3 Å². The average molecular weight is 251 g/mol. The minimum absolute atomic E-state index is 0.456. The first-order valence-electron chi connectivity index (χ1n) is 6.69. The molecule has 0 spiro atoms. The molecule has 1 aliphatic rings. The molecule has 102 valence electrons. The lowest BCUT2D eigenvalue weighted by Gasteiger charge is -2.05. The molecule has 2 rings (SSSR count). The second-order valence-electron chi connectivity index (χ2n) is 6.38. The Labute approximate surface area is 109 Å². The van der Waals surface area contributed by atoms with E-state index in [4.69, 9.17) is 5.73 Å². The standard InChI is InChI=1S/C13H25N5/c1-12(2)11(13(12,3)4)8-15-5-6-18-9-10(7-14)16-17-18/h9,11,15H,5-8,14H2,1-4H3. The molecule has 0 unspecified atom stereocenters. The highest BCUT2D eigenvalue weighted by molar-refractivity contribution is 5.12. The number of nitrogens with one attached hydrogen (secondary N) is 1. The molecule has 0 radical (unpaired) electrons. The molecule has 1 aliphatic carbocycles. The summed E-state index contributed by atoms with van der Waals surface area (Å²) in [6.45, 7) is 12.7. The van der Waals surface area contributed by atoms with Gasteiger partial charge in [-0.05, 0) is 23.3 Å². The first kappa shape index (κ1) is 13.5. The van der Waals surface area contributed by atoms with Gasteiger partial charge >= 0.3 is 0 Å². The van der Waals surface area contributed by atoms with E-state index in [1.54, 1.807) is 0 Å². The molecule has 5 nitrogen and oxygen atoms in total. The predicted octanol–water partition coefficient (Wildman–Crippen LogP) is 1.01. The Kier molecular flexibility index (Phi) is 3.47. The van der Waals surface area contributed by atoms with E-state index in [-0.39, 0.29) is 0 Å². The van der Waals surface area contributed by atoms with E-state index >= 15 is 0 Å². The zero-order valence-corrected chi connectivity index (χ0v) is 11.9. The predicted molar refractivity (Wildman–Crippen MR) is 71.8 cm³/mol. The summed E-state index contributed by atoms with van der Waals surface area (Å²) in [6, 6.07) is 0. The fraction of sp³-hybridized carbons (Fsp3) is 0.846. The van der Waals surface area contributed by atoms with Crippen molar-refractivity contribution in [1.29, 1.82) is 0 Å². The molecule has 1 aromatic heterocycles. The molecule has 0 amide bonds. The fourth-order valence-electron chi connectivity index (χ4n) is 2.82. The molecule has 1 heterocycles. The Hall–Kier alpha value is -0.940. The monoisotopic (exact) mass is 251 g/mol. The first-order valence-corrected chi connectivity index (χ1v) is 6.69. The van der Waals surface area contributed by atoms with Crippen molar-refractivity contribution in [3.63, 3.8) is 0 Å². The van der Waals surface area contributed by atoms with E-state index < -0.39 is 0 Å². The van der Waals surface area contributed by atoms with Crippen molar-refractivity contribution in [3.05, 3.63) is 11.9 Å². The number of nitrogens with two attached hydrogens (primary N) is 1. The van der Waals surface area contributed by atoms with Gasteiger partial charge in [-0.2, -0.15) is 0 Å². The zero-order valence-electron chi connectivity index (χ0n) is 11.9. The third-order valence-electron chi connectivity index (χ3n) is 4.98. The second-order valence-corrected chi connectivity index (χ2v) is 6.38. The van der Waals surface area contributed by atoms with Gasteiger partial charge in [-0.15, -0.1) is 5.10 Å². The molecule has 0 atom stereocenters. The van der Waals surface area contributed by atoms with Crippen LogP contribution in [0.3, 0.4) is 0 Å². The average Bonchev–Trinajstić information content (AvgIpc) is 2.70. The minimum atomic E-state index is 0.456. The van der Waals surface area contributed by atoms with Gasteiger partial charge in [0.15, 0.2) is 0 Å². The van der Waals surface area contributed by atoms with Crippen LogP contribution in [0.2, 0.25) is 0 Å². The van der Waals surface area contributed by atoms with Gasteiger partial charge in [0.1, 0.15) is 0 Å². The minimum Gasteiger partial charge on any atom is -0.325 e. The van der Waals surface area contributed by atoms with Crippen molar-refractivity contribution < 1.29 is 0 Å². The smallest absolute Gasteiger partial charge is 0.0962 e. The number of aromatic nitrogens is 3. The molecular formula is C13H25N5. The van der Waals surface area contributed by atoms with E-state index in [0.29, 0.717) is 17.4 Å². The summed E-state index contributed by atoms with van der Waals surface area (Å²) in [5.41, 5.74) is 7.26. The van der Waals surface area contributed by atoms with Crippen LogP contribution in [0, 0.1) is 16.7 Å². The SMILES string of the molecule is CC1(C)C(CNCCn2cc(CN)nn2)C1(C)C. The normalized spacial score (nSPS) is 21.2. The van der Waals surface area contributed by atoms with Crippen LogP contribution in [-0.2, 0) is 13.1 Å². The maximum absolute atomic E-state index is 5.49. The lowest BCUT2D eigenvalue weighted by molar-refractivity contribution is 0.457. The number of hydrogen-bond acceptors (Lipinski definition) is 4. The van der Waals surface area contributed by atoms with Crippen molar-refractivity contribution in [2.75, 3.05) is 13.1 Å². The molecule has 1 saturated carbocycles. The Morgan fingerprint density at radius 3 is 2.50 bits per heavy atom. The molecular weight excluding hydrogens is 226 g/mol. The molecule has 18 heavy (non-hydrogen) atoms. The van der Waals surface area contributed by atoms with Crippen LogP contribution in [0.1, 0.15) is 33.4 Å². The summed E-state index contributed by atoms with van der Waals surface area (Å²) in [6.07, 6.45) is 1.91. The van der Waals surface area contributed by atoms with Gasteiger partial charge in [0.05, 0.1) is 12.2 Å². The third-order valence-corrected chi connectivity index (χ3v) is 4.98. The summed E-state index contributed by atoms with van der Waals surface area (Å²) in [4.78, 5) is 0. The molecule has 1 fully saturated rings. The fourth-order valence-corrected chi connectivity index (χ4v) is 2.82. The second kappa shape index (κ2) is 4.63. The van der Waals surface area contributed by atoms with Gasteiger partial charge in [-0.3, -0.25) is 4.68 Å². The van der Waals surface area contributed by atoms with E-state index in [1.807, 2.05) is 10.9 Å². The largest absolute Gasteiger partial charge is 0.325 e. The van der Waals surface area contributed by atoms with Crippen molar-refractivity contribution in [2.24, 2.45) is 22.5 Å². The van der Waals surface area contributed by atoms with Gasteiger partial charge < -0.3 is 11.1 Å². The molecule has 0 aromatic carbocycles. The lowest BCUT2D eigenvalue weighted by Crippen LogP contribution is -2.24. The molecule has 5 heteroatoms. The molecule has 0 aliphatic heterocycles. The Balaban J connectivity index is 1.68. The van der Waals surface area contributed by atoms with Crippen LogP contribution in [0.25, 0.3) is 0 Å². The zero-order chi connectivity index (χ0) is 13.4. The highest BCUT2D eigenvalue weighted by Gasteiger charge is 2.63. The van der Waals surface area contributed by atoms with Crippen molar-refractivity contribution >= 4 is 0 Å². The quantitative estimate of drug-likeness (QED) is 0.740. The van der Waals surface area contributed by atoms with Gasteiger partial charge in [-0.25, -0.2) is 0 Å². The molecule has 0 saturated heterocycles. The Morgan fingerprint density at radius 1 is 1.33 bits per heavy atom. The van der Waals surface area contributed by atoms with Gasteiger partial charge in [-0.1, -0.05) is 32.9 Å². The topological polar surface area (TPSA) is 68.8 Å². The van der Waals surface area contributed by atoms with E-state index in [9.17, 15) is 0 Å². The maximum atomic E-state index is 5.49. The number of rotatable bonds is 6. The van der Waals surface area contributed by atoms with Crippen LogP contribution < -0.4 is 11.1 Å². The van der Waals surface area contributed by atoms with E-state index in [0.717, 1.165) is 31.2 Å². The van der Waals surface area contributed by atoms with Gasteiger partial charge in [0.25, 0.3) is 0 Å². The van der Waals surface area contributed by atoms with E-state index in [1.165, 1.54) is 0 Å². The van der Waals surface area contributed by atoms with Crippen LogP contribution in [-0.4, -0.2) is 28.1 Å². The number of nitrogens with zero attached hydrogens (tertiary/aromatic N) is 3. The maximum Gasteiger partial charge on any atom is 0.0962 e. The summed E-state index contributed by atoms with van der Waals surface area (Å²) < 4.78 is 1.85. The summed E-state index contributed by atoms with van der Waals surface area (Å²) in [5.74, 6) is 0.764. The van der Waals surface area contributed by atoms with Gasteiger partial charge in [0, 0.05) is 19.3 Å². The van der Waals surface area contributed by atoms with E-state index in [2.05, 4.69) is 43.3 Å². The number of hydrogen-bond donors (Lipinski definition) is 2. The van der Waals surface area contributed by atoms with Crippen LogP contribution in [0.5, 0.6) is 0 Å². The Bertz CT molecular complexity index is 393. The van der Waals surface area contributed by atoms with Crippen molar-refractivity contribution in [3.8, 4) is 0 Å². The van der Waals surface area contributed by atoms with Crippen molar-refractivity contribution in [2.45, 2.75) is 40.8 Å². The molecule has 3 N–H and O–H groups in total. The summed E-state index contributed by atoms with van der Waals surface area (Å²) in [7, 11) is 0. The molecule has 0 bridgehead atoms. The third kappa shape index (κ3) is 2.29. The first-order chi connectivity index (χ1) is 8.39. The highest BCUT2D eigenvalue weighted by Crippen LogP contribution is 2.67. The van der Waals surface area contributed by atoms with Crippen LogP contribution in [0.4, 0.5) is 0 Å². The summed E-state index contributed by atoms with van der Waals surface area (Å²) >= 11 is 0. The highest BCUT2D eigenvalue weighted by atomic mass is 15.4. The van der Waals surface area contributed by atoms with Crippen LogP contribution >= 0.6 is 0 Å². The molecule has 1 aromatic rings. The summed E-state index contributed by atoms with van der Waals surface area (Å²) in [5, 5.41) is 11.5. The Morgan fingerprint density at radius 2 is 2.00 bits per heavy atom. The van der Waals surface area contributed by atoms with Crippen LogP contribution in [0.15, 0.2) is 6.20 Å². The lowest BCUT2D eigenvalue weighted by atomic mass is 10.0. The van der Waals surface area contributed by atoms with Gasteiger partial charge in [0.2, 0.25) is 0 Å².